The molecule has 0 bridgehead atoms. The summed E-state index contributed by atoms with van der Waals surface area (Å²) in [5.74, 6) is 0.441. The summed E-state index contributed by atoms with van der Waals surface area (Å²) in [6, 6.07) is 6.33. The molecule has 0 radical (unpaired) electrons. The highest BCUT2D eigenvalue weighted by Gasteiger charge is 2.46. The topological polar surface area (TPSA) is 64.1 Å². The van der Waals surface area contributed by atoms with Crippen LogP contribution < -0.4 is 16.8 Å². The molecule has 3 nitrogen and oxygen atoms in total. The first-order chi connectivity index (χ1) is 17.5. The second-order valence-corrected chi connectivity index (χ2v) is 12.2. The summed E-state index contributed by atoms with van der Waals surface area (Å²) < 4.78 is 0. The van der Waals surface area contributed by atoms with Crippen LogP contribution in [0.2, 0.25) is 0 Å². The van der Waals surface area contributed by atoms with Crippen molar-refractivity contribution < 1.29 is 0 Å². The Morgan fingerprint density at radius 2 is 1.47 bits per heavy atom. The molecule has 0 spiro atoms. The summed E-state index contributed by atoms with van der Waals surface area (Å²) in [6.45, 7) is 9.23. The molecule has 0 saturated carbocycles. The second-order valence-electron chi connectivity index (χ2n) is 11.2. The van der Waals surface area contributed by atoms with Gasteiger partial charge in [0.2, 0.25) is 0 Å². The standard InChI is InChI=1S/C32H53N3S/c1-5-9-13-17-25-26(18-14-10-6-2)32(34,22-16-12-8-4)27(19-15-11-7-3)31-30(25)35-28-21-20-24(33)23-29(28)36-31/h20-21,23,26,35H,5-19,22,33-34H2,1-4H3. The van der Waals surface area contributed by atoms with Crippen molar-refractivity contribution in [2.75, 3.05) is 11.1 Å². The number of hydrogen-bond acceptors (Lipinski definition) is 4. The summed E-state index contributed by atoms with van der Waals surface area (Å²) in [5.41, 5.74) is 20.3. The molecule has 0 saturated heterocycles. The zero-order valence-electron chi connectivity index (χ0n) is 23.7. The maximum absolute atomic E-state index is 7.75. The molecule has 202 valence electrons. The van der Waals surface area contributed by atoms with Gasteiger partial charge in [0.15, 0.2) is 0 Å². The van der Waals surface area contributed by atoms with Gasteiger partial charge in [-0.25, -0.2) is 0 Å². The van der Waals surface area contributed by atoms with Gasteiger partial charge in [0.1, 0.15) is 0 Å². The van der Waals surface area contributed by atoms with E-state index in [9.17, 15) is 0 Å². The number of anilines is 2. The smallest absolute Gasteiger partial charge is 0.0527 e. The van der Waals surface area contributed by atoms with Gasteiger partial charge in [-0.15, -0.1) is 0 Å². The average molecular weight is 512 g/mol. The molecule has 1 aliphatic carbocycles. The number of unbranched alkanes of at least 4 members (excludes halogenated alkanes) is 8. The maximum atomic E-state index is 7.75. The van der Waals surface area contributed by atoms with Gasteiger partial charge in [0.25, 0.3) is 0 Å². The van der Waals surface area contributed by atoms with E-state index < -0.39 is 0 Å². The van der Waals surface area contributed by atoms with Crippen molar-refractivity contribution in [2.24, 2.45) is 11.7 Å². The highest BCUT2D eigenvalue weighted by Crippen LogP contribution is 2.55. The lowest BCUT2D eigenvalue weighted by Gasteiger charge is -2.48. The molecule has 0 amide bonds. The first-order valence-electron chi connectivity index (χ1n) is 15.1. The Hall–Kier alpha value is -1.39. The molecule has 36 heavy (non-hydrogen) atoms. The third-order valence-corrected chi connectivity index (χ3v) is 9.49. The van der Waals surface area contributed by atoms with Crippen molar-refractivity contribution in [3.63, 3.8) is 0 Å². The Labute approximate surface area is 226 Å². The fourth-order valence-electron chi connectivity index (χ4n) is 6.21. The van der Waals surface area contributed by atoms with E-state index >= 15 is 0 Å². The molecular formula is C32H53N3S. The van der Waals surface area contributed by atoms with Gasteiger partial charge in [0, 0.05) is 26.9 Å². The number of nitrogens with one attached hydrogen (secondary N) is 1. The van der Waals surface area contributed by atoms with Gasteiger partial charge in [-0.05, 0) is 67.9 Å². The van der Waals surface area contributed by atoms with E-state index in [1.807, 2.05) is 17.8 Å². The quantitative estimate of drug-likeness (QED) is 0.153. The molecule has 4 heteroatoms. The third kappa shape index (κ3) is 6.92. The molecule has 3 rings (SSSR count). The van der Waals surface area contributed by atoms with Crippen LogP contribution in [0.25, 0.3) is 0 Å². The molecule has 2 unspecified atom stereocenters. The first-order valence-corrected chi connectivity index (χ1v) is 15.9. The lowest BCUT2D eigenvalue weighted by Crippen LogP contribution is -2.53. The van der Waals surface area contributed by atoms with Gasteiger partial charge in [-0.2, -0.15) is 0 Å². The van der Waals surface area contributed by atoms with Crippen molar-refractivity contribution in [1.29, 1.82) is 0 Å². The van der Waals surface area contributed by atoms with E-state index in [1.165, 1.54) is 110 Å². The van der Waals surface area contributed by atoms with Crippen LogP contribution in [0.4, 0.5) is 11.4 Å². The third-order valence-electron chi connectivity index (χ3n) is 8.27. The average Bonchev–Trinajstić information content (AvgIpc) is 2.87. The van der Waals surface area contributed by atoms with Crippen LogP contribution in [0, 0.1) is 5.92 Å². The highest BCUT2D eigenvalue weighted by molar-refractivity contribution is 8.03. The Kier molecular flexibility index (Phi) is 11.8. The molecule has 5 N–H and O–H groups in total. The van der Waals surface area contributed by atoms with E-state index in [-0.39, 0.29) is 5.54 Å². The van der Waals surface area contributed by atoms with Crippen LogP contribution in [0.3, 0.4) is 0 Å². The summed E-state index contributed by atoms with van der Waals surface area (Å²) in [6.07, 6.45) is 19.7. The summed E-state index contributed by atoms with van der Waals surface area (Å²) in [5, 5.41) is 3.94. The number of nitrogens with two attached hydrogens (primary N) is 2. The Bertz CT molecular complexity index is 903. The summed E-state index contributed by atoms with van der Waals surface area (Å²) >= 11 is 1.94. The van der Waals surface area contributed by atoms with Crippen molar-refractivity contribution in [3.05, 3.63) is 39.9 Å². The Morgan fingerprint density at radius 1 is 0.833 bits per heavy atom. The minimum atomic E-state index is -0.233. The zero-order chi connectivity index (χ0) is 26.0. The van der Waals surface area contributed by atoms with Crippen molar-refractivity contribution in [3.8, 4) is 0 Å². The first kappa shape index (κ1) is 29.2. The normalized spacial score (nSPS) is 21.4. The fourth-order valence-corrected chi connectivity index (χ4v) is 7.55. The van der Waals surface area contributed by atoms with Crippen LogP contribution in [0.5, 0.6) is 0 Å². The molecule has 0 fully saturated rings. The predicted octanol–water partition coefficient (Wildman–Crippen LogP) is 9.94. The molecule has 1 aromatic rings. The Balaban J connectivity index is 2.16. The molecule has 1 aliphatic heterocycles. The van der Waals surface area contributed by atoms with Gasteiger partial charge in [0.05, 0.1) is 11.4 Å². The van der Waals surface area contributed by atoms with Crippen molar-refractivity contribution in [1.82, 2.24) is 0 Å². The molecule has 0 aromatic heterocycles. The molecule has 2 atom stereocenters. The minimum absolute atomic E-state index is 0.233. The van der Waals surface area contributed by atoms with E-state index in [4.69, 9.17) is 11.5 Å². The lowest BCUT2D eigenvalue weighted by molar-refractivity contribution is 0.280. The molecule has 2 aliphatic rings. The lowest BCUT2D eigenvalue weighted by atomic mass is 9.64. The zero-order valence-corrected chi connectivity index (χ0v) is 24.5. The number of benzene rings is 1. The fraction of sp³-hybridized carbons (Fsp3) is 0.688. The Morgan fingerprint density at radius 3 is 2.17 bits per heavy atom. The van der Waals surface area contributed by atoms with Crippen LogP contribution in [0.1, 0.15) is 130 Å². The number of hydrogen-bond donors (Lipinski definition) is 3. The monoisotopic (exact) mass is 511 g/mol. The predicted molar refractivity (Wildman–Crippen MR) is 161 cm³/mol. The van der Waals surface area contributed by atoms with Crippen molar-refractivity contribution >= 4 is 23.1 Å². The molecular weight excluding hydrogens is 458 g/mol. The van der Waals surface area contributed by atoms with E-state index in [0.717, 1.165) is 24.9 Å². The molecule has 1 heterocycles. The van der Waals surface area contributed by atoms with Crippen LogP contribution >= 0.6 is 11.8 Å². The van der Waals surface area contributed by atoms with Crippen molar-refractivity contribution in [2.45, 2.75) is 141 Å². The highest BCUT2D eigenvalue weighted by atomic mass is 32.2. The van der Waals surface area contributed by atoms with Gasteiger partial charge >= 0.3 is 0 Å². The second kappa shape index (κ2) is 14.5. The number of rotatable bonds is 16. The molecule has 1 aromatic carbocycles. The number of fused-ring (bicyclic) bond motifs is 2. The van der Waals surface area contributed by atoms with Gasteiger partial charge < -0.3 is 16.8 Å². The SMILES string of the molecule is CCCCCC1=C2Nc3ccc(N)cc3SC2=C(CCCCC)C(N)(CCCCC)C1CCCCC. The largest absolute Gasteiger partial charge is 0.399 e. The summed E-state index contributed by atoms with van der Waals surface area (Å²) in [4.78, 5) is 2.68. The number of nitrogen functional groups attached to an aromatic ring is 1. The van der Waals surface area contributed by atoms with E-state index in [0.29, 0.717) is 5.92 Å². The van der Waals surface area contributed by atoms with Crippen LogP contribution in [-0.2, 0) is 0 Å². The number of thioether (sulfide) groups is 1. The van der Waals surface area contributed by atoms with E-state index in [2.05, 4.69) is 45.1 Å². The minimum Gasteiger partial charge on any atom is -0.399 e. The van der Waals surface area contributed by atoms with Crippen LogP contribution in [-0.4, -0.2) is 5.54 Å². The van der Waals surface area contributed by atoms with Gasteiger partial charge in [-0.3, -0.25) is 0 Å². The van der Waals surface area contributed by atoms with E-state index in [1.54, 1.807) is 5.57 Å². The summed E-state index contributed by atoms with van der Waals surface area (Å²) in [7, 11) is 0. The van der Waals surface area contributed by atoms with Crippen LogP contribution in [0.15, 0.2) is 44.8 Å². The maximum Gasteiger partial charge on any atom is 0.0527 e. The van der Waals surface area contributed by atoms with Gasteiger partial charge in [-0.1, -0.05) is 104 Å².